The summed E-state index contributed by atoms with van der Waals surface area (Å²) >= 11 is 0. The van der Waals surface area contributed by atoms with Gasteiger partial charge in [-0.25, -0.2) is 9.69 Å². The molecule has 4 atom stereocenters. The molecule has 5 rings (SSSR count). The Morgan fingerprint density at radius 3 is 2.22 bits per heavy atom. The second-order valence-electron chi connectivity index (χ2n) is 6.40. The number of ether oxygens (including phenoxy) is 1. The molecule has 0 aromatic heterocycles. The third-order valence-electron chi connectivity index (χ3n) is 5.28. The lowest BCUT2D eigenvalue weighted by atomic mass is 9.63. The highest BCUT2D eigenvalue weighted by Gasteiger charge is 2.56. The highest BCUT2D eigenvalue weighted by molar-refractivity contribution is 6.22. The first kappa shape index (κ1) is 14.2. The Bertz CT molecular complexity index is 706. The number of imide groups is 1. The Kier molecular flexibility index (Phi) is 3.11. The van der Waals surface area contributed by atoms with Gasteiger partial charge < -0.3 is 4.74 Å². The molecule has 1 saturated heterocycles. The van der Waals surface area contributed by atoms with Crippen LogP contribution in [0.25, 0.3) is 0 Å². The van der Waals surface area contributed by atoms with Gasteiger partial charge >= 0.3 is 5.97 Å². The molecule has 1 aliphatic heterocycles. The van der Waals surface area contributed by atoms with Crippen molar-refractivity contribution in [2.75, 3.05) is 12.0 Å². The van der Waals surface area contributed by atoms with E-state index in [1.807, 2.05) is 0 Å². The molecule has 1 aromatic rings. The number of rotatable bonds is 2. The van der Waals surface area contributed by atoms with Gasteiger partial charge in [-0.05, 0) is 42.9 Å². The second kappa shape index (κ2) is 5.05. The largest absolute Gasteiger partial charge is 0.465 e. The van der Waals surface area contributed by atoms with E-state index in [1.165, 1.54) is 12.0 Å². The van der Waals surface area contributed by atoms with Crippen LogP contribution < -0.4 is 4.90 Å². The predicted octanol–water partition coefficient (Wildman–Crippen LogP) is 2.17. The van der Waals surface area contributed by atoms with Crippen LogP contribution in [0.3, 0.4) is 0 Å². The van der Waals surface area contributed by atoms with E-state index in [2.05, 4.69) is 12.2 Å². The van der Waals surface area contributed by atoms with Crippen molar-refractivity contribution in [2.45, 2.75) is 12.8 Å². The lowest BCUT2D eigenvalue weighted by Crippen LogP contribution is -2.38. The Hall–Kier alpha value is -2.43. The molecule has 2 amide bonds. The van der Waals surface area contributed by atoms with Crippen molar-refractivity contribution < 1.29 is 19.1 Å². The fourth-order valence-corrected chi connectivity index (χ4v) is 4.22. The average molecular weight is 311 g/mol. The maximum Gasteiger partial charge on any atom is 0.337 e. The summed E-state index contributed by atoms with van der Waals surface area (Å²) in [7, 11) is 1.30. The van der Waals surface area contributed by atoms with Crippen LogP contribution in [-0.4, -0.2) is 24.9 Å². The summed E-state index contributed by atoms with van der Waals surface area (Å²) in [6.45, 7) is 0. The third-order valence-corrected chi connectivity index (χ3v) is 5.28. The average Bonchev–Trinajstić information content (AvgIpc) is 2.88. The lowest BCUT2D eigenvalue weighted by Gasteiger charge is -2.38. The van der Waals surface area contributed by atoms with Gasteiger partial charge in [-0.1, -0.05) is 18.2 Å². The van der Waals surface area contributed by atoms with Crippen molar-refractivity contribution in [3.8, 4) is 0 Å². The number of carbonyl (C=O) groups excluding carboxylic acids is 3. The molecule has 23 heavy (non-hydrogen) atoms. The number of hydrogen-bond acceptors (Lipinski definition) is 4. The van der Waals surface area contributed by atoms with Gasteiger partial charge in [0.25, 0.3) is 0 Å². The molecule has 1 heterocycles. The number of methoxy groups -OCH3 is 1. The van der Waals surface area contributed by atoms with Crippen LogP contribution in [0.1, 0.15) is 23.2 Å². The highest BCUT2D eigenvalue weighted by atomic mass is 16.5. The molecule has 1 saturated carbocycles. The van der Waals surface area contributed by atoms with Crippen LogP contribution in [0.4, 0.5) is 5.69 Å². The van der Waals surface area contributed by atoms with Crippen molar-refractivity contribution in [2.24, 2.45) is 23.7 Å². The number of nitrogens with zero attached hydrogens (tertiary/aromatic N) is 1. The topological polar surface area (TPSA) is 63.7 Å². The maximum atomic E-state index is 12.8. The number of amides is 2. The van der Waals surface area contributed by atoms with Crippen LogP contribution in [0.15, 0.2) is 36.4 Å². The fraction of sp³-hybridized carbons (Fsp3) is 0.389. The highest BCUT2D eigenvalue weighted by Crippen LogP contribution is 2.50. The summed E-state index contributed by atoms with van der Waals surface area (Å²) in [6.07, 6.45) is 6.12. The number of benzene rings is 1. The zero-order chi connectivity index (χ0) is 16.1. The molecule has 2 fully saturated rings. The van der Waals surface area contributed by atoms with Crippen LogP contribution in [0.2, 0.25) is 0 Å². The lowest BCUT2D eigenvalue weighted by molar-refractivity contribution is -0.124. The smallest absolute Gasteiger partial charge is 0.337 e. The Morgan fingerprint density at radius 1 is 1.09 bits per heavy atom. The molecular formula is C18H17NO4. The number of fused-ring (bicyclic) bond motifs is 1. The van der Waals surface area contributed by atoms with E-state index in [-0.39, 0.29) is 35.5 Å². The summed E-state index contributed by atoms with van der Waals surface area (Å²) in [4.78, 5) is 38.6. The second-order valence-corrected chi connectivity index (χ2v) is 6.40. The quantitative estimate of drug-likeness (QED) is 0.477. The van der Waals surface area contributed by atoms with Gasteiger partial charge in [0.05, 0.1) is 30.2 Å². The molecule has 0 unspecified atom stereocenters. The summed E-state index contributed by atoms with van der Waals surface area (Å²) < 4.78 is 4.71. The van der Waals surface area contributed by atoms with E-state index in [0.29, 0.717) is 11.3 Å². The van der Waals surface area contributed by atoms with Gasteiger partial charge in [0.15, 0.2) is 0 Å². The first-order valence-electron chi connectivity index (χ1n) is 7.86. The molecule has 4 aliphatic rings. The minimum atomic E-state index is -0.481. The van der Waals surface area contributed by atoms with E-state index in [9.17, 15) is 14.4 Å². The van der Waals surface area contributed by atoms with Crippen molar-refractivity contribution >= 4 is 23.5 Å². The molecule has 0 N–H and O–H groups in total. The summed E-state index contributed by atoms with van der Waals surface area (Å²) in [6, 6.07) is 6.51. The van der Waals surface area contributed by atoms with Gasteiger partial charge in [0.1, 0.15) is 0 Å². The van der Waals surface area contributed by atoms with Gasteiger partial charge in [-0.15, -0.1) is 0 Å². The van der Waals surface area contributed by atoms with Gasteiger partial charge in [-0.2, -0.15) is 0 Å². The van der Waals surface area contributed by atoms with Gasteiger partial charge in [0.2, 0.25) is 11.8 Å². The van der Waals surface area contributed by atoms with Gasteiger partial charge in [0, 0.05) is 0 Å². The molecule has 118 valence electrons. The number of carbonyl (C=O) groups is 3. The first-order chi connectivity index (χ1) is 11.1. The zero-order valence-electron chi connectivity index (χ0n) is 12.8. The van der Waals surface area contributed by atoms with Crippen molar-refractivity contribution in [3.63, 3.8) is 0 Å². The molecule has 1 aromatic carbocycles. The summed E-state index contributed by atoms with van der Waals surface area (Å²) in [5.74, 6) is -0.918. The minimum Gasteiger partial charge on any atom is -0.465 e. The van der Waals surface area contributed by atoms with Crippen molar-refractivity contribution in [1.82, 2.24) is 0 Å². The van der Waals surface area contributed by atoms with Crippen LogP contribution in [0.5, 0.6) is 0 Å². The Balaban J connectivity index is 1.72. The van der Waals surface area contributed by atoms with Crippen LogP contribution >= 0.6 is 0 Å². The summed E-state index contributed by atoms with van der Waals surface area (Å²) in [5.41, 5.74) is 0.790. The number of allylic oxidation sites excluding steroid dienone is 2. The predicted molar refractivity (Wildman–Crippen MR) is 82.6 cm³/mol. The van der Waals surface area contributed by atoms with E-state index < -0.39 is 5.97 Å². The van der Waals surface area contributed by atoms with Gasteiger partial charge in [-0.3, -0.25) is 9.59 Å². The number of anilines is 1. The monoisotopic (exact) mass is 311 g/mol. The van der Waals surface area contributed by atoms with Crippen LogP contribution in [0, 0.1) is 23.7 Å². The maximum absolute atomic E-state index is 12.8. The molecule has 5 nitrogen and oxygen atoms in total. The SMILES string of the molecule is COC(=O)c1cccc(N2C(=O)[C@@H]3[C@H](C2=O)[C@@H]2C=C[C@H]3CC2)c1. The first-order valence-corrected chi connectivity index (χ1v) is 7.86. The Labute approximate surface area is 133 Å². The third kappa shape index (κ3) is 1.96. The van der Waals surface area contributed by atoms with E-state index in [4.69, 9.17) is 4.74 Å². The van der Waals surface area contributed by atoms with E-state index in [0.717, 1.165) is 12.8 Å². The van der Waals surface area contributed by atoms with E-state index >= 15 is 0 Å². The molecule has 3 aliphatic carbocycles. The van der Waals surface area contributed by atoms with E-state index in [1.54, 1.807) is 24.3 Å². The molecule has 0 spiro atoms. The minimum absolute atomic E-state index is 0.138. The molecule has 0 radical (unpaired) electrons. The van der Waals surface area contributed by atoms with Crippen molar-refractivity contribution in [3.05, 3.63) is 42.0 Å². The standard InChI is InChI=1S/C18H17NO4/c1-23-18(22)12-3-2-4-13(9-12)19-16(20)14-10-5-6-11(8-7-10)15(14)17(19)21/h2-6,9-11,14-15H,7-8H2,1H3/t10-,11+,14-,15+. The van der Waals surface area contributed by atoms with Crippen molar-refractivity contribution in [1.29, 1.82) is 0 Å². The number of esters is 1. The number of hydrogen-bond donors (Lipinski definition) is 0. The Morgan fingerprint density at radius 2 is 1.70 bits per heavy atom. The summed E-state index contributed by atoms with van der Waals surface area (Å²) in [5, 5.41) is 0. The molecule has 2 bridgehead atoms. The molecule has 5 heteroatoms. The fourth-order valence-electron chi connectivity index (χ4n) is 4.22. The zero-order valence-corrected chi connectivity index (χ0v) is 12.8. The van der Waals surface area contributed by atoms with Crippen LogP contribution in [-0.2, 0) is 14.3 Å². The normalized spacial score (nSPS) is 31.4. The molecular weight excluding hydrogens is 294 g/mol.